The number of hydrogen-bond donors (Lipinski definition) is 2. The van der Waals surface area contributed by atoms with Crippen LogP contribution in [0.1, 0.15) is 23.2 Å². The second kappa shape index (κ2) is 7.11. The topological polar surface area (TPSA) is 50.4 Å². The van der Waals surface area contributed by atoms with Crippen LogP contribution in [0, 0.1) is 5.41 Å². The number of benzene rings is 2. The molecule has 0 unspecified atom stereocenters. The smallest absolute Gasteiger partial charge is 0.251 e. The van der Waals surface area contributed by atoms with Crippen molar-refractivity contribution in [2.24, 2.45) is 5.41 Å². The molecule has 122 valence electrons. The highest BCUT2D eigenvalue weighted by Gasteiger charge is 2.32. The Morgan fingerprint density at radius 1 is 1.17 bits per heavy atom. The first kappa shape index (κ1) is 16.0. The van der Waals surface area contributed by atoms with Crippen molar-refractivity contribution in [3.8, 4) is 0 Å². The number of rotatable bonds is 5. The van der Waals surface area contributed by atoms with Gasteiger partial charge in [-0.2, -0.15) is 0 Å². The SMILES string of the molecule is COCC1(CNC(=O)c2cccc3ccccc23)CCNCC1. The third-order valence-corrected chi connectivity index (χ3v) is 4.77. The van der Waals surface area contributed by atoms with E-state index >= 15 is 0 Å². The maximum Gasteiger partial charge on any atom is 0.251 e. The lowest BCUT2D eigenvalue weighted by Gasteiger charge is -2.37. The molecule has 0 radical (unpaired) electrons. The molecule has 3 rings (SSSR count). The number of piperidine rings is 1. The van der Waals surface area contributed by atoms with Gasteiger partial charge in [-0.15, -0.1) is 0 Å². The largest absolute Gasteiger partial charge is 0.384 e. The van der Waals surface area contributed by atoms with Gasteiger partial charge in [0.2, 0.25) is 0 Å². The van der Waals surface area contributed by atoms with Crippen molar-refractivity contribution in [1.82, 2.24) is 10.6 Å². The lowest BCUT2D eigenvalue weighted by atomic mass is 9.79. The molecule has 1 saturated heterocycles. The molecule has 2 aromatic rings. The molecule has 0 aromatic heterocycles. The molecule has 0 spiro atoms. The van der Waals surface area contributed by atoms with Gasteiger partial charge in [0.25, 0.3) is 5.91 Å². The fourth-order valence-corrected chi connectivity index (χ4v) is 3.42. The Hall–Kier alpha value is -1.91. The average Bonchev–Trinajstić information content (AvgIpc) is 2.60. The molecule has 0 bridgehead atoms. The van der Waals surface area contributed by atoms with Gasteiger partial charge in [-0.25, -0.2) is 0 Å². The molecule has 1 aliphatic heterocycles. The number of amides is 1. The predicted molar refractivity (Wildman–Crippen MR) is 92.7 cm³/mol. The zero-order valence-electron chi connectivity index (χ0n) is 13.6. The first-order valence-corrected chi connectivity index (χ1v) is 8.20. The van der Waals surface area contributed by atoms with E-state index in [-0.39, 0.29) is 11.3 Å². The molecule has 0 saturated carbocycles. The molecule has 1 heterocycles. The fraction of sp³-hybridized carbons (Fsp3) is 0.421. The molecule has 1 amide bonds. The minimum Gasteiger partial charge on any atom is -0.384 e. The number of hydrogen-bond acceptors (Lipinski definition) is 3. The van der Waals surface area contributed by atoms with Crippen LogP contribution in [0.3, 0.4) is 0 Å². The van der Waals surface area contributed by atoms with Crippen molar-refractivity contribution < 1.29 is 9.53 Å². The summed E-state index contributed by atoms with van der Waals surface area (Å²) in [5.41, 5.74) is 0.782. The van der Waals surface area contributed by atoms with Crippen molar-refractivity contribution in [3.05, 3.63) is 48.0 Å². The number of fused-ring (bicyclic) bond motifs is 1. The van der Waals surface area contributed by atoms with Crippen molar-refractivity contribution in [2.75, 3.05) is 33.4 Å². The summed E-state index contributed by atoms with van der Waals surface area (Å²) in [6, 6.07) is 13.9. The second-order valence-electron chi connectivity index (χ2n) is 6.39. The summed E-state index contributed by atoms with van der Waals surface area (Å²) < 4.78 is 5.41. The zero-order chi connectivity index (χ0) is 16.1. The summed E-state index contributed by atoms with van der Waals surface area (Å²) in [7, 11) is 1.73. The van der Waals surface area contributed by atoms with Crippen molar-refractivity contribution in [2.45, 2.75) is 12.8 Å². The van der Waals surface area contributed by atoms with Gasteiger partial charge >= 0.3 is 0 Å². The van der Waals surface area contributed by atoms with Gasteiger partial charge in [0.1, 0.15) is 0 Å². The van der Waals surface area contributed by atoms with Crippen LogP contribution in [0.4, 0.5) is 0 Å². The highest BCUT2D eigenvalue weighted by molar-refractivity contribution is 6.07. The Labute approximate surface area is 137 Å². The first-order valence-electron chi connectivity index (χ1n) is 8.20. The van der Waals surface area contributed by atoms with E-state index in [1.54, 1.807) is 7.11 Å². The molecule has 4 nitrogen and oxygen atoms in total. The Bertz CT molecular complexity index is 667. The van der Waals surface area contributed by atoms with E-state index in [0.717, 1.165) is 42.3 Å². The van der Waals surface area contributed by atoms with E-state index in [1.165, 1.54) is 0 Å². The molecule has 0 aliphatic carbocycles. The average molecular weight is 312 g/mol. The van der Waals surface area contributed by atoms with Crippen molar-refractivity contribution in [3.63, 3.8) is 0 Å². The minimum atomic E-state index is -0.00388. The molecule has 1 aliphatic rings. The quantitative estimate of drug-likeness (QED) is 0.892. The maximum atomic E-state index is 12.7. The third kappa shape index (κ3) is 3.54. The van der Waals surface area contributed by atoms with Crippen LogP contribution in [0.25, 0.3) is 10.8 Å². The lowest BCUT2D eigenvalue weighted by Crippen LogP contribution is -2.47. The number of carbonyl (C=O) groups is 1. The molecule has 2 N–H and O–H groups in total. The first-order chi connectivity index (χ1) is 11.2. The van der Waals surface area contributed by atoms with Gasteiger partial charge in [-0.1, -0.05) is 36.4 Å². The maximum absolute atomic E-state index is 12.7. The Morgan fingerprint density at radius 3 is 2.70 bits per heavy atom. The van der Waals surface area contributed by atoms with Gasteiger partial charge in [0.15, 0.2) is 0 Å². The van der Waals surface area contributed by atoms with Crippen LogP contribution in [0.15, 0.2) is 42.5 Å². The van der Waals surface area contributed by atoms with Crippen LogP contribution < -0.4 is 10.6 Å². The molecule has 1 fully saturated rings. The summed E-state index contributed by atoms with van der Waals surface area (Å²) >= 11 is 0. The number of ether oxygens (including phenoxy) is 1. The number of carbonyl (C=O) groups excluding carboxylic acids is 1. The lowest BCUT2D eigenvalue weighted by molar-refractivity contribution is 0.0512. The van der Waals surface area contributed by atoms with Gasteiger partial charge in [-0.3, -0.25) is 4.79 Å². The standard InChI is InChI=1S/C19H24N2O2/c1-23-14-19(9-11-20-12-10-19)13-21-18(22)17-8-4-6-15-5-2-3-7-16(15)17/h2-8,20H,9-14H2,1H3,(H,21,22). The highest BCUT2D eigenvalue weighted by atomic mass is 16.5. The molecule has 23 heavy (non-hydrogen) atoms. The van der Waals surface area contributed by atoms with Crippen LogP contribution in [0.2, 0.25) is 0 Å². The zero-order valence-corrected chi connectivity index (χ0v) is 13.6. The van der Waals surface area contributed by atoms with Gasteiger partial charge in [0.05, 0.1) is 6.61 Å². The minimum absolute atomic E-state index is 0.00388. The number of methoxy groups -OCH3 is 1. The number of nitrogens with one attached hydrogen (secondary N) is 2. The van der Waals surface area contributed by atoms with E-state index in [0.29, 0.717) is 13.2 Å². The third-order valence-electron chi connectivity index (χ3n) is 4.77. The second-order valence-corrected chi connectivity index (χ2v) is 6.39. The summed E-state index contributed by atoms with van der Waals surface area (Å²) in [4.78, 5) is 12.7. The van der Waals surface area contributed by atoms with E-state index in [4.69, 9.17) is 4.74 Å². The molecule has 0 atom stereocenters. The van der Waals surface area contributed by atoms with Gasteiger partial charge < -0.3 is 15.4 Å². The van der Waals surface area contributed by atoms with E-state index in [2.05, 4.69) is 10.6 Å². The van der Waals surface area contributed by atoms with Crippen LogP contribution in [0.5, 0.6) is 0 Å². The molecule has 4 heteroatoms. The highest BCUT2D eigenvalue weighted by Crippen LogP contribution is 2.28. The Balaban J connectivity index is 1.75. The van der Waals surface area contributed by atoms with E-state index in [9.17, 15) is 4.79 Å². The monoisotopic (exact) mass is 312 g/mol. The molecule has 2 aromatic carbocycles. The molecular weight excluding hydrogens is 288 g/mol. The summed E-state index contributed by atoms with van der Waals surface area (Å²) in [5, 5.41) is 8.60. The summed E-state index contributed by atoms with van der Waals surface area (Å²) in [5.74, 6) is -0.00388. The Morgan fingerprint density at radius 2 is 1.91 bits per heavy atom. The van der Waals surface area contributed by atoms with Crippen LogP contribution >= 0.6 is 0 Å². The van der Waals surface area contributed by atoms with Gasteiger partial charge in [0, 0.05) is 24.6 Å². The molecular formula is C19H24N2O2. The van der Waals surface area contributed by atoms with Crippen molar-refractivity contribution in [1.29, 1.82) is 0 Å². The summed E-state index contributed by atoms with van der Waals surface area (Å²) in [6.45, 7) is 3.30. The summed E-state index contributed by atoms with van der Waals surface area (Å²) in [6.07, 6.45) is 2.05. The van der Waals surface area contributed by atoms with Crippen molar-refractivity contribution >= 4 is 16.7 Å². The predicted octanol–water partition coefficient (Wildman–Crippen LogP) is 2.59. The normalized spacial score (nSPS) is 17.1. The van der Waals surface area contributed by atoms with Gasteiger partial charge in [-0.05, 0) is 42.8 Å². The van der Waals surface area contributed by atoms with Crippen LogP contribution in [-0.4, -0.2) is 39.3 Å². The van der Waals surface area contributed by atoms with E-state index in [1.807, 2.05) is 42.5 Å². The fourth-order valence-electron chi connectivity index (χ4n) is 3.42. The Kier molecular flexibility index (Phi) is 4.94. The van der Waals surface area contributed by atoms with Crippen LogP contribution in [-0.2, 0) is 4.74 Å². The van der Waals surface area contributed by atoms with E-state index < -0.39 is 0 Å².